The van der Waals surface area contributed by atoms with Crippen molar-refractivity contribution < 1.29 is 14.3 Å². The molecule has 2 aromatic heterocycles. The molecule has 2 heterocycles. The predicted octanol–water partition coefficient (Wildman–Crippen LogP) is 0.692. The highest BCUT2D eigenvalue weighted by Gasteiger charge is 2.11. The first-order chi connectivity index (χ1) is 9.13. The number of methoxy groups -OCH3 is 1. The fourth-order valence-corrected chi connectivity index (χ4v) is 1.47. The van der Waals surface area contributed by atoms with E-state index in [2.05, 4.69) is 19.9 Å². The molecule has 0 aliphatic rings. The van der Waals surface area contributed by atoms with Crippen LogP contribution >= 0.6 is 0 Å². The van der Waals surface area contributed by atoms with E-state index in [-0.39, 0.29) is 30.2 Å². The summed E-state index contributed by atoms with van der Waals surface area (Å²) in [5.74, 6) is 0.367. The van der Waals surface area contributed by atoms with Crippen molar-refractivity contribution in [3.05, 3.63) is 0 Å². The first-order valence-electron chi connectivity index (χ1n) is 5.85. The number of nitrogens with zero attached hydrogens (tertiary/aromatic N) is 3. The maximum Gasteiger partial charge on any atom is 0.320 e. The second-order valence-corrected chi connectivity index (χ2v) is 3.83. The fraction of sp³-hybridized carbons (Fsp3) is 0.455. The summed E-state index contributed by atoms with van der Waals surface area (Å²) in [6.07, 6.45) is 0.844. The van der Waals surface area contributed by atoms with E-state index < -0.39 is 0 Å². The fourth-order valence-electron chi connectivity index (χ4n) is 1.47. The molecule has 0 saturated heterocycles. The van der Waals surface area contributed by atoms with Gasteiger partial charge in [-0.25, -0.2) is 0 Å². The highest BCUT2D eigenvalue weighted by atomic mass is 16.5. The van der Waals surface area contributed by atoms with Crippen LogP contribution in [0.4, 0.5) is 5.82 Å². The van der Waals surface area contributed by atoms with Crippen LogP contribution < -0.4 is 15.2 Å². The Kier molecular flexibility index (Phi) is 3.79. The van der Waals surface area contributed by atoms with Crippen molar-refractivity contribution in [2.24, 2.45) is 0 Å². The van der Waals surface area contributed by atoms with E-state index in [4.69, 9.17) is 15.2 Å². The van der Waals surface area contributed by atoms with Crippen LogP contribution in [0, 0.1) is 0 Å². The van der Waals surface area contributed by atoms with Crippen molar-refractivity contribution in [1.29, 1.82) is 0 Å². The molecule has 2 aromatic rings. The number of anilines is 1. The number of nitrogen functional groups attached to an aromatic ring is 1. The Morgan fingerprint density at radius 3 is 2.84 bits per heavy atom. The summed E-state index contributed by atoms with van der Waals surface area (Å²) in [5, 5.41) is 0. The lowest BCUT2D eigenvalue weighted by atomic mass is 10.2. The monoisotopic (exact) mass is 265 g/mol. The van der Waals surface area contributed by atoms with Gasteiger partial charge in [-0.3, -0.25) is 4.79 Å². The van der Waals surface area contributed by atoms with Crippen LogP contribution in [0.5, 0.6) is 12.0 Å². The molecule has 0 saturated carbocycles. The van der Waals surface area contributed by atoms with Crippen molar-refractivity contribution >= 4 is 22.8 Å². The minimum atomic E-state index is 0.136. The zero-order valence-corrected chi connectivity index (χ0v) is 10.8. The normalized spacial score (nSPS) is 10.6. The number of ketones is 1. The molecule has 0 aliphatic heterocycles. The molecule has 102 valence electrons. The van der Waals surface area contributed by atoms with Gasteiger partial charge < -0.3 is 20.2 Å². The molecular weight excluding hydrogens is 250 g/mol. The molecule has 0 aliphatic carbocycles. The van der Waals surface area contributed by atoms with Gasteiger partial charge in [-0.2, -0.15) is 15.0 Å². The Morgan fingerprint density at radius 1 is 1.37 bits per heavy atom. The first kappa shape index (κ1) is 13.1. The molecule has 0 aromatic carbocycles. The maximum atomic E-state index is 11.1. The topological polar surface area (TPSA) is 116 Å². The minimum Gasteiger partial charge on any atom is -0.467 e. The zero-order valence-electron chi connectivity index (χ0n) is 10.8. The molecular formula is C11H15N5O3. The molecule has 8 heteroatoms. The molecule has 0 fully saturated rings. The minimum absolute atomic E-state index is 0.136. The van der Waals surface area contributed by atoms with E-state index >= 15 is 0 Å². The van der Waals surface area contributed by atoms with Gasteiger partial charge in [-0.1, -0.05) is 6.92 Å². The third kappa shape index (κ3) is 2.90. The molecule has 0 unspecified atom stereocenters. The number of hydrogen-bond acceptors (Lipinski definition) is 7. The summed E-state index contributed by atoms with van der Waals surface area (Å²) in [4.78, 5) is 26.1. The molecule has 0 amide bonds. The summed E-state index contributed by atoms with van der Waals surface area (Å²) >= 11 is 0. The number of aromatic amines is 1. The van der Waals surface area contributed by atoms with Gasteiger partial charge in [0.15, 0.2) is 11.5 Å². The molecule has 8 nitrogen and oxygen atoms in total. The third-order valence-corrected chi connectivity index (χ3v) is 2.53. The summed E-state index contributed by atoms with van der Waals surface area (Å²) in [6.45, 7) is 2.07. The van der Waals surface area contributed by atoms with Gasteiger partial charge in [0.25, 0.3) is 6.01 Å². The number of ether oxygens (including phenoxy) is 2. The second kappa shape index (κ2) is 5.51. The molecule has 0 radical (unpaired) electrons. The SMILES string of the molecule is CCC(=O)CCOc1nc2nc(OC)nc(N)c2[nH]1. The molecule has 0 spiro atoms. The molecule has 2 rings (SSSR count). The number of aromatic nitrogens is 4. The Bertz CT molecular complexity index is 595. The van der Waals surface area contributed by atoms with Gasteiger partial charge in [-0.15, -0.1) is 0 Å². The molecule has 0 atom stereocenters. The molecule has 19 heavy (non-hydrogen) atoms. The van der Waals surface area contributed by atoms with E-state index in [0.29, 0.717) is 24.0 Å². The Balaban J connectivity index is 2.13. The van der Waals surface area contributed by atoms with Crippen LogP contribution in [-0.2, 0) is 4.79 Å². The number of fused-ring (bicyclic) bond motifs is 1. The van der Waals surface area contributed by atoms with Crippen molar-refractivity contribution in [2.75, 3.05) is 19.5 Å². The number of carbonyl (C=O) groups is 1. The highest BCUT2D eigenvalue weighted by molar-refractivity contribution is 5.82. The maximum absolute atomic E-state index is 11.1. The summed E-state index contributed by atoms with van der Waals surface area (Å²) in [6, 6.07) is 0.400. The van der Waals surface area contributed by atoms with E-state index in [0.717, 1.165) is 0 Å². The van der Waals surface area contributed by atoms with E-state index in [1.807, 2.05) is 6.92 Å². The van der Waals surface area contributed by atoms with Gasteiger partial charge >= 0.3 is 6.01 Å². The predicted molar refractivity (Wildman–Crippen MR) is 68.1 cm³/mol. The van der Waals surface area contributed by atoms with E-state index in [9.17, 15) is 4.79 Å². The quantitative estimate of drug-likeness (QED) is 0.789. The first-order valence-corrected chi connectivity index (χ1v) is 5.85. The van der Waals surface area contributed by atoms with Crippen LogP contribution in [0.1, 0.15) is 19.8 Å². The lowest BCUT2D eigenvalue weighted by Crippen LogP contribution is -2.05. The van der Waals surface area contributed by atoms with Crippen LogP contribution in [0.15, 0.2) is 0 Å². The zero-order chi connectivity index (χ0) is 13.8. The van der Waals surface area contributed by atoms with Crippen LogP contribution in [0.25, 0.3) is 11.2 Å². The number of carbonyl (C=O) groups excluding carboxylic acids is 1. The van der Waals surface area contributed by atoms with Crippen LogP contribution in [-0.4, -0.2) is 39.4 Å². The Labute approximate surface area is 109 Å². The smallest absolute Gasteiger partial charge is 0.320 e. The van der Waals surface area contributed by atoms with Crippen LogP contribution in [0.2, 0.25) is 0 Å². The Morgan fingerprint density at radius 2 is 2.16 bits per heavy atom. The number of H-pyrrole nitrogens is 1. The number of imidazole rings is 1. The van der Waals surface area contributed by atoms with Crippen molar-refractivity contribution in [3.63, 3.8) is 0 Å². The lowest BCUT2D eigenvalue weighted by Gasteiger charge is -1.99. The average molecular weight is 265 g/mol. The summed E-state index contributed by atoms with van der Waals surface area (Å²) in [7, 11) is 1.45. The third-order valence-electron chi connectivity index (χ3n) is 2.53. The van der Waals surface area contributed by atoms with Gasteiger partial charge in [0.2, 0.25) is 0 Å². The number of nitrogens with one attached hydrogen (secondary N) is 1. The standard InChI is InChI=1S/C11H15N5O3/c1-3-6(17)4-5-19-11-13-7-8(12)14-10(18-2)15-9(7)16-11/h3-5H2,1-2H3,(H3,12,13,14,15,16). The number of rotatable bonds is 6. The number of Topliss-reactive ketones (excluding diaryl/α,β-unsaturated/α-hetero) is 1. The largest absolute Gasteiger partial charge is 0.467 e. The van der Waals surface area contributed by atoms with Crippen molar-refractivity contribution in [2.45, 2.75) is 19.8 Å². The summed E-state index contributed by atoms with van der Waals surface area (Å²) in [5.41, 5.74) is 6.58. The second-order valence-electron chi connectivity index (χ2n) is 3.83. The average Bonchev–Trinajstić information content (AvgIpc) is 2.81. The van der Waals surface area contributed by atoms with Crippen molar-refractivity contribution in [3.8, 4) is 12.0 Å². The van der Waals surface area contributed by atoms with Crippen molar-refractivity contribution in [1.82, 2.24) is 19.9 Å². The van der Waals surface area contributed by atoms with Crippen LogP contribution in [0.3, 0.4) is 0 Å². The van der Waals surface area contributed by atoms with Gasteiger partial charge in [-0.05, 0) is 0 Å². The van der Waals surface area contributed by atoms with Gasteiger partial charge in [0.05, 0.1) is 13.7 Å². The van der Waals surface area contributed by atoms with E-state index in [1.54, 1.807) is 0 Å². The number of nitrogens with two attached hydrogens (primary N) is 1. The van der Waals surface area contributed by atoms with E-state index in [1.165, 1.54) is 7.11 Å². The highest BCUT2D eigenvalue weighted by Crippen LogP contribution is 2.20. The molecule has 3 N–H and O–H groups in total. The summed E-state index contributed by atoms with van der Waals surface area (Å²) < 4.78 is 10.2. The number of hydrogen-bond donors (Lipinski definition) is 2. The Hall–Kier alpha value is -2.38. The van der Waals surface area contributed by atoms with Gasteiger partial charge in [0.1, 0.15) is 11.3 Å². The molecule has 0 bridgehead atoms. The lowest BCUT2D eigenvalue weighted by molar-refractivity contribution is -0.119. The van der Waals surface area contributed by atoms with Gasteiger partial charge in [0, 0.05) is 12.8 Å².